The summed E-state index contributed by atoms with van der Waals surface area (Å²) in [6, 6.07) is 11.9. The Kier molecular flexibility index (Phi) is 6.20. The summed E-state index contributed by atoms with van der Waals surface area (Å²) in [4.78, 5) is 44.3. The number of benzene rings is 2. The van der Waals surface area contributed by atoms with Crippen LogP contribution in [0.2, 0.25) is 0 Å². The Morgan fingerprint density at radius 2 is 1.77 bits per heavy atom. The maximum absolute atomic E-state index is 12.9. The number of anilines is 3. The number of aromatic nitrogens is 2. The van der Waals surface area contributed by atoms with Crippen molar-refractivity contribution in [2.45, 2.75) is 11.8 Å². The van der Waals surface area contributed by atoms with Crippen LogP contribution in [0.15, 0.2) is 76.4 Å². The van der Waals surface area contributed by atoms with Crippen molar-refractivity contribution < 1.29 is 22.9 Å². The Morgan fingerprint density at radius 3 is 2.43 bits per heavy atom. The molecule has 0 saturated carbocycles. The van der Waals surface area contributed by atoms with Crippen LogP contribution in [0.4, 0.5) is 23.0 Å². The van der Waals surface area contributed by atoms with Crippen molar-refractivity contribution in [2.75, 3.05) is 14.9 Å². The maximum atomic E-state index is 12.9. The largest absolute Gasteiger partial charge is 0.350 e. The maximum Gasteiger partial charge on any atom is 0.283 e. The van der Waals surface area contributed by atoms with Gasteiger partial charge < -0.3 is 5.32 Å². The molecule has 4 rings (SSSR count). The summed E-state index contributed by atoms with van der Waals surface area (Å²) in [5.74, 6) is -1.77. The SMILES string of the molecule is Cc1ccnc(NS(=O)(=O)c2ccc(NC3=C(Cl)C(=O)N(c4cccc([N+](=O)[O-])c4)C3=O)cc2)n1. The molecule has 178 valence electrons. The van der Waals surface area contributed by atoms with Gasteiger partial charge in [-0.3, -0.25) is 19.7 Å². The molecular formula is C21H15ClN6O6S. The second kappa shape index (κ2) is 9.12. The predicted octanol–water partition coefficient (Wildman–Crippen LogP) is 2.93. The van der Waals surface area contributed by atoms with Gasteiger partial charge in [0.25, 0.3) is 27.5 Å². The summed E-state index contributed by atoms with van der Waals surface area (Å²) < 4.78 is 27.5. The zero-order valence-corrected chi connectivity index (χ0v) is 19.4. The Labute approximate surface area is 203 Å². The van der Waals surface area contributed by atoms with Crippen LogP contribution in [-0.2, 0) is 19.6 Å². The Morgan fingerprint density at radius 1 is 1.06 bits per heavy atom. The highest BCUT2D eigenvalue weighted by Crippen LogP contribution is 2.32. The fourth-order valence-electron chi connectivity index (χ4n) is 3.13. The summed E-state index contributed by atoms with van der Waals surface area (Å²) in [7, 11) is -3.99. The first kappa shape index (κ1) is 23.8. The molecule has 14 heteroatoms. The molecule has 3 aromatic rings. The second-order valence-corrected chi connectivity index (χ2v) is 9.25. The number of non-ortho nitro benzene ring substituents is 1. The average molecular weight is 515 g/mol. The molecule has 0 atom stereocenters. The lowest BCUT2D eigenvalue weighted by Crippen LogP contribution is -2.32. The van der Waals surface area contributed by atoms with Crippen LogP contribution in [0.1, 0.15) is 5.69 Å². The third-order valence-corrected chi connectivity index (χ3v) is 6.48. The summed E-state index contributed by atoms with van der Waals surface area (Å²) in [5.41, 5.74) is 0.269. The molecule has 0 bridgehead atoms. The predicted molar refractivity (Wildman–Crippen MR) is 126 cm³/mol. The third kappa shape index (κ3) is 4.81. The van der Waals surface area contributed by atoms with Crippen LogP contribution in [0.3, 0.4) is 0 Å². The van der Waals surface area contributed by atoms with E-state index in [1.807, 2.05) is 0 Å². The van der Waals surface area contributed by atoms with Crippen LogP contribution in [0.25, 0.3) is 0 Å². The van der Waals surface area contributed by atoms with Crippen LogP contribution in [0, 0.1) is 17.0 Å². The number of nitro benzene ring substituents is 1. The van der Waals surface area contributed by atoms with Crippen molar-refractivity contribution in [1.29, 1.82) is 0 Å². The van der Waals surface area contributed by atoms with E-state index in [1.54, 1.807) is 13.0 Å². The summed E-state index contributed by atoms with van der Waals surface area (Å²) in [6.45, 7) is 1.69. The van der Waals surface area contributed by atoms with Crippen LogP contribution in [-0.4, -0.2) is 35.1 Å². The molecular weight excluding hydrogens is 500 g/mol. The van der Waals surface area contributed by atoms with Gasteiger partial charge in [0.2, 0.25) is 5.95 Å². The van der Waals surface area contributed by atoms with Crippen LogP contribution in [0.5, 0.6) is 0 Å². The van der Waals surface area contributed by atoms with E-state index in [4.69, 9.17) is 11.6 Å². The smallest absolute Gasteiger partial charge is 0.283 e. The van der Waals surface area contributed by atoms with Crippen molar-refractivity contribution in [2.24, 2.45) is 0 Å². The minimum Gasteiger partial charge on any atom is -0.350 e. The third-order valence-electron chi connectivity index (χ3n) is 4.78. The number of hydrogen-bond donors (Lipinski definition) is 2. The summed E-state index contributed by atoms with van der Waals surface area (Å²) in [6.07, 6.45) is 1.42. The van der Waals surface area contributed by atoms with E-state index < -0.39 is 31.8 Å². The number of aryl methyl sites for hydroxylation is 1. The van der Waals surface area contributed by atoms with E-state index in [0.29, 0.717) is 10.6 Å². The van der Waals surface area contributed by atoms with Gasteiger partial charge in [0.05, 0.1) is 15.5 Å². The van der Waals surface area contributed by atoms with Crippen molar-refractivity contribution in [3.05, 3.63) is 87.3 Å². The van der Waals surface area contributed by atoms with Gasteiger partial charge in [-0.2, -0.15) is 0 Å². The molecule has 1 aliphatic heterocycles. The van der Waals surface area contributed by atoms with Crippen molar-refractivity contribution in [3.63, 3.8) is 0 Å². The molecule has 35 heavy (non-hydrogen) atoms. The quantitative estimate of drug-likeness (QED) is 0.274. The zero-order valence-electron chi connectivity index (χ0n) is 17.8. The molecule has 0 saturated heterocycles. The normalized spacial score (nSPS) is 13.8. The first-order chi connectivity index (χ1) is 16.6. The number of nitrogens with one attached hydrogen (secondary N) is 2. The Hall–Kier alpha value is -4.36. The van der Waals surface area contributed by atoms with E-state index in [-0.39, 0.29) is 33.6 Å². The molecule has 0 fully saturated rings. The average Bonchev–Trinajstić information content (AvgIpc) is 3.02. The van der Waals surface area contributed by atoms with Gasteiger partial charge in [-0.25, -0.2) is 28.0 Å². The molecule has 2 N–H and O–H groups in total. The highest BCUT2D eigenvalue weighted by molar-refractivity contribution is 7.92. The highest BCUT2D eigenvalue weighted by atomic mass is 35.5. The molecule has 0 spiro atoms. The number of nitrogens with zero attached hydrogens (tertiary/aromatic N) is 4. The fraction of sp³-hybridized carbons (Fsp3) is 0.0476. The molecule has 2 aromatic carbocycles. The van der Waals surface area contributed by atoms with Gasteiger partial charge >= 0.3 is 0 Å². The van der Waals surface area contributed by atoms with E-state index >= 15 is 0 Å². The van der Waals surface area contributed by atoms with E-state index in [9.17, 15) is 28.1 Å². The molecule has 0 radical (unpaired) electrons. The molecule has 1 aliphatic rings. The van der Waals surface area contributed by atoms with E-state index in [1.165, 1.54) is 48.7 Å². The summed E-state index contributed by atoms with van der Waals surface area (Å²) >= 11 is 6.08. The number of carbonyl (C=O) groups is 2. The number of rotatable bonds is 7. The molecule has 12 nitrogen and oxygen atoms in total. The Balaban J connectivity index is 1.53. The standard InChI is InChI=1S/C21H15ClN6O6S/c1-12-9-10-23-21(24-12)26-35(33,34)16-7-5-13(6-8-16)25-18-17(22)19(29)27(20(18)30)14-3-2-4-15(11-14)28(31)32/h2-11,25H,1H3,(H,23,24,26). The van der Waals surface area contributed by atoms with Crippen molar-refractivity contribution in [3.8, 4) is 0 Å². The van der Waals surface area contributed by atoms with Crippen molar-refractivity contribution in [1.82, 2.24) is 9.97 Å². The first-order valence-corrected chi connectivity index (χ1v) is 11.7. The van der Waals surface area contributed by atoms with Gasteiger partial charge in [-0.1, -0.05) is 17.7 Å². The lowest BCUT2D eigenvalue weighted by atomic mass is 10.2. The minimum atomic E-state index is -3.99. The molecule has 2 amide bonds. The Bertz CT molecular complexity index is 1510. The summed E-state index contributed by atoms with van der Waals surface area (Å²) in [5, 5.41) is 13.3. The van der Waals surface area contributed by atoms with Crippen molar-refractivity contribution >= 4 is 56.4 Å². The molecule has 0 aliphatic carbocycles. The van der Waals surface area contributed by atoms with Gasteiger partial charge in [-0.05, 0) is 43.3 Å². The minimum absolute atomic E-state index is 0.0185. The van der Waals surface area contributed by atoms with Gasteiger partial charge in [0, 0.05) is 29.7 Å². The van der Waals surface area contributed by atoms with E-state index in [2.05, 4.69) is 20.0 Å². The fourth-order valence-corrected chi connectivity index (χ4v) is 4.29. The molecule has 1 aromatic heterocycles. The topological polar surface area (TPSA) is 164 Å². The number of carbonyl (C=O) groups excluding carboxylic acids is 2. The molecule has 2 heterocycles. The lowest BCUT2D eigenvalue weighted by molar-refractivity contribution is -0.384. The number of amides is 2. The number of nitro groups is 1. The lowest BCUT2D eigenvalue weighted by Gasteiger charge is -2.15. The van der Waals surface area contributed by atoms with Crippen LogP contribution < -0.4 is 14.9 Å². The first-order valence-electron chi connectivity index (χ1n) is 9.79. The van der Waals surface area contributed by atoms with E-state index in [0.717, 1.165) is 6.07 Å². The van der Waals surface area contributed by atoms with Crippen LogP contribution >= 0.6 is 11.6 Å². The number of halogens is 1. The highest BCUT2D eigenvalue weighted by Gasteiger charge is 2.39. The number of sulfonamides is 1. The van der Waals surface area contributed by atoms with Gasteiger partial charge in [0.15, 0.2) is 0 Å². The zero-order chi connectivity index (χ0) is 25.3. The molecule has 0 unspecified atom stereocenters. The monoisotopic (exact) mass is 514 g/mol. The number of hydrogen-bond acceptors (Lipinski definition) is 9. The second-order valence-electron chi connectivity index (χ2n) is 7.19. The van der Waals surface area contributed by atoms with Gasteiger partial charge in [0.1, 0.15) is 10.7 Å². The number of imide groups is 1. The van der Waals surface area contributed by atoms with Gasteiger partial charge in [-0.15, -0.1) is 0 Å².